The van der Waals surface area contributed by atoms with Crippen LogP contribution < -0.4 is 10.6 Å². The monoisotopic (exact) mass is 276 g/mol. The van der Waals surface area contributed by atoms with Crippen LogP contribution in [0.2, 0.25) is 0 Å². The summed E-state index contributed by atoms with van der Waals surface area (Å²) in [5.41, 5.74) is 0.388. The second-order valence-corrected chi connectivity index (χ2v) is 3.63. The molecule has 3 N–H and O–H groups in total. The van der Waals surface area contributed by atoms with Crippen molar-refractivity contribution < 1.29 is 27.9 Å². The van der Waals surface area contributed by atoms with Crippen LogP contribution in [0.25, 0.3) is 0 Å². The molecule has 5 nitrogen and oxygen atoms in total. The summed E-state index contributed by atoms with van der Waals surface area (Å²) in [4.78, 5) is 21.7. The van der Waals surface area contributed by atoms with Gasteiger partial charge >= 0.3 is 18.2 Å². The predicted octanol–water partition coefficient (Wildman–Crippen LogP) is 2.07. The highest BCUT2D eigenvalue weighted by atomic mass is 19.4. The molecule has 0 aliphatic rings. The number of carbonyl (C=O) groups excluding carboxylic acids is 1. The maximum absolute atomic E-state index is 12.3. The van der Waals surface area contributed by atoms with Gasteiger partial charge in [0, 0.05) is 12.2 Å². The minimum absolute atomic E-state index is 0.388. The first-order valence-electron chi connectivity index (χ1n) is 5.20. The molecule has 0 aromatic heterocycles. The van der Waals surface area contributed by atoms with Gasteiger partial charge in [0.05, 0.1) is 0 Å². The molecule has 104 valence electrons. The zero-order chi connectivity index (χ0) is 14.5. The summed E-state index contributed by atoms with van der Waals surface area (Å²) in [7, 11) is 0. The van der Waals surface area contributed by atoms with E-state index >= 15 is 0 Å². The molecule has 1 aromatic rings. The molecule has 0 heterocycles. The van der Waals surface area contributed by atoms with Crippen molar-refractivity contribution in [2.75, 3.05) is 11.9 Å². The topological polar surface area (TPSA) is 78.4 Å². The Morgan fingerprint density at radius 1 is 1.21 bits per heavy atom. The van der Waals surface area contributed by atoms with Gasteiger partial charge in [0.2, 0.25) is 0 Å². The highest BCUT2D eigenvalue weighted by Gasteiger charge is 2.45. The van der Waals surface area contributed by atoms with Gasteiger partial charge in [-0.05, 0) is 12.1 Å². The van der Waals surface area contributed by atoms with E-state index in [-0.39, 0.29) is 0 Å². The van der Waals surface area contributed by atoms with Gasteiger partial charge in [-0.3, -0.25) is 4.79 Å². The zero-order valence-corrected chi connectivity index (χ0v) is 9.57. The molecule has 0 aliphatic carbocycles. The minimum Gasteiger partial charge on any atom is -0.481 e. The van der Waals surface area contributed by atoms with Crippen LogP contribution in [-0.4, -0.2) is 29.8 Å². The van der Waals surface area contributed by atoms with Gasteiger partial charge in [0.15, 0.2) is 5.92 Å². The summed E-state index contributed by atoms with van der Waals surface area (Å²) in [5.74, 6) is -4.67. The van der Waals surface area contributed by atoms with Crippen LogP contribution in [0.4, 0.5) is 23.7 Å². The van der Waals surface area contributed by atoms with Crippen LogP contribution >= 0.6 is 0 Å². The maximum Gasteiger partial charge on any atom is 0.403 e. The van der Waals surface area contributed by atoms with Gasteiger partial charge in [-0.2, -0.15) is 13.2 Å². The standard InChI is InChI=1S/C11H11F3N2O3/c12-11(13,14)8(9(17)18)6-15-10(19)16-7-4-2-1-3-5-7/h1-5,8H,6H2,(H,17,18)(H2,15,16,19). The van der Waals surface area contributed by atoms with Crippen molar-refractivity contribution >= 4 is 17.7 Å². The van der Waals surface area contributed by atoms with Gasteiger partial charge in [-0.25, -0.2) is 4.79 Å². The van der Waals surface area contributed by atoms with Crippen molar-refractivity contribution in [3.05, 3.63) is 30.3 Å². The summed E-state index contributed by atoms with van der Waals surface area (Å²) < 4.78 is 36.9. The van der Waals surface area contributed by atoms with Crippen molar-refractivity contribution in [2.45, 2.75) is 6.18 Å². The van der Waals surface area contributed by atoms with E-state index in [0.717, 1.165) is 0 Å². The lowest BCUT2D eigenvalue weighted by atomic mass is 10.1. The van der Waals surface area contributed by atoms with Crippen molar-refractivity contribution in [1.82, 2.24) is 5.32 Å². The Labute approximate surface area is 106 Å². The van der Waals surface area contributed by atoms with Crippen LogP contribution in [0.15, 0.2) is 30.3 Å². The lowest BCUT2D eigenvalue weighted by Crippen LogP contribution is -2.42. The fourth-order valence-electron chi connectivity index (χ4n) is 1.23. The summed E-state index contributed by atoms with van der Waals surface area (Å²) in [6.45, 7) is -1.03. The number of carboxylic acids is 1. The molecule has 0 bridgehead atoms. The quantitative estimate of drug-likeness (QED) is 0.787. The Hall–Kier alpha value is -2.25. The molecule has 0 saturated heterocycles. The SMILES string of the molecule is O=C(NCC(C(=O)O)C(F)(F)F)Nc1ccccc1. The lowest BCUT2D eigenvalue weighted by Gasteiger charge is -2.16. The number of urea groups is 1. The number of hydrogen-bond donors (Lipinski definition) is 3. The number of alkyl halides is 3. The molecule has 0 aliphatic heterocycles. The third kappa shape index (κ3) is 4.86. The molecule has 8 heteroatoms. The number of hydrogen-bond acceptors (Lipinski definition) is 2. The number of amides is 2. The van der Waals surface area contributed by atoms with Gasteiger partial charge in [0.1, 0.15) is 0 Å². The number of nitrogens with one attached hydrogen (secondary N) is 2. The Morgan fingerprint density at radius 3 is 2.26 bits per heavy atom. The molecule has 1 atom stereocenters. The average molecular weight is 276 g/mol. The van der Waals surface area contributed by atoms with Crippen molar-refractivity contribution in [1.29, 1.82) is 0 Å². The molecular formula is C11H11F3N2O3. The van der Waals surface area contributed by atoms with E-state index < -0.39 is 30.6 Å². The number of halogens is 3. The highest BCUT2D eigenvalue weighted by molar-refractivity contribution is 5.89. The first kappa shape index (κ1) is 14.8. The highest BCUT2D eigenvalue weighted by Crippen LogP contribution is 2.25. The van der Waals surface area contributed by atoms with E-state index in [0.29, 0.717) is 5.69 Å². The number of anilines is 1. The molecule has 0 fully saturated rings. The molecule has 0 radical (unpaired) electrons. The number of para-hydroxylation sites is 1. The molecule has 19 heavy (non-hydrogen) atoms. The van der Waals surface area contributed by atoms with E-state index in [1.807, 2.05) is 5.32 Å². The van der Waals surface area contributed by atoms with E-state index in [4.69, 9.17) is 5.11 Å². The maximum atomic E-state index is 12.3. The van der Waals surface area contributed by atoms with Gasteiger partial charge in [0.25, 0.3) is 0 Å². The van der Waals surface area contributed by atoms with Crippen molar-refractivity contribution in [2.24, 2.45) is 5.92 Å². The van der Waals surface area contributed by atoms with E-state index in [9.17, 15) is 22.8 Å². The second kappa shape index (κ2) is 6.07. The zero-order valence-electron chi connectivity index (χ0n) is 9.57. The van der Waals surface area contributed by atoms with Crippen LogP contribution in [-0.2, 0) is 4.79 Å². The van der Waals surface area contributed by atoms with Gasteiger partial charge in [-0.1, -0.05) is 18.2 Å². The smallest absolute Gasteiger partial charge is 0.403 e. The Kier molecular flexibility index (Phi) is 4.74. The van der Waals surface area contributed by atoms with Gasteiger partial charge in [-0.15, -0.1) is 0 Å². The largest absolute Gasteiger partial charge is 0.481 e. The molecule has 0 spiro atoms. The minimum atomic E-state index is -4.91. The predicted molar refractivity (Wildman–Crippen MR) is 60.6 cm³/mol. The van der Waals surface area contributed by atoms with Gasteiger partial charge < -0.3 is 15.7 Å². The van der Waals surface area contributed by atoms with Crippen molar-refractivity contribution in [3.8, 4) is 0 Å². The van der Waals surface area contributed by atoms with Crippen molar-refractivity contribution in [3.63, 3.8) is 0 Å². The molecule has 1 rings (SSSR count). The second-order valence-electron chi connectivity index (χ2n) is 3.63. The summed E-state index contributed by atoms with van der Waals surface area (Å²) in [6, 6.07) is 7.14. The van der Waals surface area contributed by atoms with Crippen LogP contribution in [0, 0.1) is 5.92 Å². The molecule has 2 amide bonds. The number of carboxylic acid groups (broad SMARTS) is 1. The third-order valence-electron chi connectivity index (χ3n) is 2.19. The summed E-state index contributed by atoms with van der Waals surface area (Å²) >= 11 is 0. The van der Waals surface area contributed by atoms with E-state index in [1.54, 1.807) is 18.2 Å². The first-order chi connectivity index (χ1) is 8.80. The van der Waals surface area contributed by atoms with Crippen LogP contribution in [0.5, 0.6) is 0 Å². The van der Waals surface area contributed by atoms with E-state index in [2.05, 4.69) is 5.32 Å². The number of rotatable bonds is 4. The number of benzene rings is 1. The molecule has 1 aromatic carbocycles. The average Bonchev–Trinajstić information content (AvgIpc) is 2.28. The molecular weight excluding hydrogens is 265 g/mol. The molecule has 0 saturated carbocycles. The lowest BCUT2D eigenvalue weighted by molar-refractivity contribution is -0.191. The number of aliphatic carboxylic acids is 1. The normalized spacial score (nSPS) is 12.6. The summed E-state index contributed by atoms with van der Waals surface area (Å²) in [6.07, 6.45) is -4.91. The molecule has 1 unspecified atom stereocenters. The fourth-order valence-corrected chi connectivity index (χ4v) is 1.23. The van der Waals surface area contributed by atoms with E-state index in [1.165, 1.54) is 12.1 Å². The van der Waals surface area contributed by atoms with Crippen LogP contribution in [0.1, 0.15) is 0 Å². The third-order valence-corrected chi connectivity index (χ3v) is 2.19. The number of carbonyl (C=O) groups is 2. The summed E-state index contributed by atoms with van der Waals surface area (Å²) in [5, 5.41) is 12.6. The Balaban J connectivity index is 2.51. The Bertz CT molecular complexity index is 448. The first-order valence-corrected chi connectivity index (χ1v) is 5.20. The van der Waals surface area contributed by atoms with Crippen LogP contribution in [0.3, 0.4) is 0 Å². The fraction of sp³-hybridized carbons (Fsp3) is 0.273. The Morgan fingerprint density at radius 2 is 1.79 bits per heavy atom.